The Bertz CT molecular complexity index is 1400. The van der Waals surface area contributed by atoms with Gasteiger partial charge in [-0.1, -0.05) is 40.3 Å². The lowest BCUT2D eigenvalue weighted by Crippen LogP contribution is -2.67. The number of allylic oxidation sites excluding steroid dienone is 1. The molecular formula is C34H45NO10. The molecule has 2 unspecified atom stereocenters. The lowest BCUT2D eigenvalue weighted by atomic mass is 9.48. The minimum Gasteiger partial charge on any atom is -0.469 e. The Morgan fingerprint density at radius 2 is 1.84 bits per heavy atom. The van der Waals surface area contributed by atoms with Gasteiger partial charge in [-0.15, -0.1) is 0 Å². The fourth-order valence-corrected chi connectivity index (χ4v) is 8.96. The molecule has 1 amide bonds. The smallest absolute Gasteiger partial charge is 0.330 e. The molecule has 5 aliphatic rings. The van der Waals surface area contributed by atoms with E-state index in [2.05, 4.69) is 11.9 Å². The Morgan fingerprint density at radius 1 is 1.16 bits per heavy atom. The fourth-order valence-electron chi connectivity index (χ4n) is 8.96. The molecule has 1 N–H and O–H groups in total. The van der Waals surface area contributed by atoms with Gasteiger partial charge in [-0.25, -0.2) is 4.79 Å². The molecule has 11 heteroatoms. The van der Waals surface area contributed by atoms with Gasteiger partial charge in [0.25, 0.3) is 0 Å². The molecule has 1 spiro atoms. The van der Waals surface area contributed by atoms with Crippen molar-refractivity contribution < 1.29 is 47.7 Å². The van der Waals surface area contributed by atoms with Crippen molar-refractivity contribution >= 4 is 29.8 Å². The van der Waals surface area contributed by atoms with Gasteiger partial charge in [-0.2, -0.15) is 0 Å². The van der Waals surface area contributed by atoms with E-state index in [-0.39, 0.29) is 24.3 Å². The highest BCUT2D eigenvalue weighted by Gasteiger charge is 2.84. The van der Waals surface area contributed by atoms with E-state index in [9.17, 15) is 24.0 Å². The van der Waals surface area contributed by atoms with Crippen molar-refractivity contribution in [2.75, 3.05) is 13.7 Å². The van der Waals surface area contributed by atoms with Crippen LogP contribution in [0.3, 0.4) is 0 Å². The molecule has 1 saturated heterocycles. The molecule has 0 aromatic carbocycles. The maximum absolute atomic E-state index is 13.6. The van der Waals surface area contributed by atoms with E-state index in [1.807, 2.05) is 20.8 Å². The lowest BCUT2D eigenvalue weighted by Gasteiger charge is -2.58. The zero-order chi connectivity index (χ0) is 33.3. The van der Waals surface area contributed by atoms with E-state index in [4.69, 9.17) is 23.7 Å². The number of nitrogens with one attached hydrogen (secondary N) is 1. The Morgan fingerprint density at radius 3 is 2.42 bits per heavy atom. The van der Waals surface area contributed by atoms with E-state index in [1.165, 1.54) is 20.1 Å². The number of methoxy groups -OCH3 is 1. The number of epoxide rings is 1. The van der Waals surface area contributed by atoms with Gasteiger partial charge in [0, 0.05) is 42.9 Å². The minimum atomic E-state index is -1.17. The summed E-state index contributed by atoms with van der Waals surface area (Å²) >= 11 is 0. The van der Waals surface area contributed by atoms with Crippen molar-refractivity contribution in [2.24, 2.45) is 34.5 Å². The number of hydrogen-bond donors (Lipinski definition) is 1. The van der Waals surface area contributed by atoms with Crippen molar-refractivity contribution in [3.8, 4) is 0 Å². The second-order valence-corrected chi connectivity index (χ2v) is 14.2. The quantitative estimate of drug-likeness (QED) is 0.184. The Kier molecular flexibility index (Phi) is 8.12. The molecule has 3 fully saturated rings. The van der Waals surface area contributed by atoms with Crippen molar-refractivity contribution in [1.82, 2.24) is 5.32 Å². The largest absolute Gasteiger partial charge is 0.469 e. The second-order valence-electron chi connectivity index (χ2n) is 14.2. The van der Waals surface area contributed by atoms with Crippen LogP contribution in [0.15, 0.2) is 36.0 Å². The van der Waals surface area contributed by atoms with E-state index in [1.54, 1.807) is 32.9 Å². The maximum atomic E-state index is 13.6. The predicted octanol–water partition coefficient (Wildman–Crippen LogP) is 3.36. The Hall–Kier alpha value is -3.47. The van der Waals surface area contributed by atoms with Gasteiger partial charge < -0.3 is 29.0 Å². The number of hydrogen-bond acceptors (Lipinski definition) is 10. The van der Waals surface area contributed by atoms with Crippen molar-refractivity contribution in [3.05, 3.63) is 36.0 Å². The highest BCUT2D eigenvalue weighted by molar-refractivity contribution is 5.91. The van der Waals surface area contributed by atoms with Crippen LogP contribution in [0.25, 0.3) is 0 Å². The van der Waals surface area contributed by atoms with Gasteiger partial charge in [0.15, 0.2) is 0 Å². The Balaban J connectivity index is 1.75. The standard InChI is InChI=1S/C34H45NO10/c1-10-17(2)30(40)43-29-28(42-19(4)36)27(32(7)12-11-25(38)45-31(5,6)22(32)15-26(39)41-9)18(3)34-23(44-34)14-21(33(29,34)8)20-13-24(37)35-16-20/h11-13,17,21-23,27-29H,3,10,14-16H2,1-2,4-9H3,(H,35,37)/t17?,21-,22-,23+,27?,28+,29-,32-,33+,34+/m0/s1. The second kappa shape index (κ2) is 11.1. The van der Waals surface area contributed by atoms with Crippen LogP contribution in [0, 0.1) is 34.5 Å². The molecule has 3 aliphatic heterocycles. The molecule has 246 valence electrons. The molecular weight excluding hydrogens is 582 g/mol. The third-order valence-electron chi connectivity index (χ3n) is 11.4. The molecule has 11 nitrogen and oxygen atoms in total. The first-order valence-corrected chi connectivity index (χ1v) is 15.7. The van der Waals surface area contributed by atoms with Gasteiger partial charge >= 0.3 is 23.9 Å². The highest BCUT2D eigenvalue weighted by Crippen LogP contribution is 2.75. The van der Waals surface area contributed by atoms with Crippen LogP contribution in [-0.2, 0) is 47.7 Å². The topological polar surface area (TPSA) is 147 Å². The van der Waals surface area contributed by atoms with E-state index in [0.717, 1.165) is 5.57 Å². The summed E-state index contributed by atoms with van der Waals surface area (Å²) in [6.45, 7) is 17.2. The van der Waals surface area contributed by atoms with Gasteiger partial charge in [0.1, 0.15) is 23.4 Å². The summed E-state index contributed by atoms with van der Waals surface area (Å²) in [5.41, 5.74) is -2.79. The molecule has 45 heavy (non-hydrogen) atoms. The normalized spacial score (nSPS) is 40.2. The first kappa shape index (κ1) is 32.9. The molecule has 0 aromatic heterocycles. The fraction of sp³-hybridized carbons (Fsp3) is 0.676. The summed E-state index contributed by atoms with van der Waals surface area (Å²) < 4.78 is 30.1. The summed E-state index contributed by atoms with van der Waals surface area (Å²) in [5, 5.41) is 2.85. The zero-order valence-corrected chi connectivity index (χ0v) is 27.4. The third-order valence-corrected chi connectivity index (χ3v) is 11.4. The van der Waals surface area contributed by atoms with Gasteiger partial charge in [-0.05, 0) is 43.8 Å². The van der Waals surface area contributed by atoms with Crippen LogP contribution < -0.4 is 5.32 Å². The SMILES string of the molecule is C=C1C([C@@]2(C)C=CC(=O)OC(C)(C)[C@@H]2CC(=O)OC)[C@@H](OC(C)=O)[C@H](OC(=O)C(C)CC)[C@@]2(C)[C@H](C3=CC(=O)NC3)C[C@H]3O[C@]132. The lowest BCUT2D eigenvalue weighted by molar-refractivity contribution is -0.214. The molecule has 0 radical (unpaired) electrons. The summed E-state index contributed by atoms with van der Waals surface area (Å²) in [5.74, 6) is -4.51. The maximum Gasteiger partial charge on any atom is 0.330 e. The van der Waals surface area contributed by atoms with E-state index < -0.39 is 75.9 Å². The highest BCUT2D eigenvalue weighted by atomic mass is 16.6. The summed E-state index contributed by atoms with van der Waals surface area (Å²) in [4.78, 5) is 64.7. The first-order valence-electron chi connectivity index (χ1n) is 15.7. The van der Waals surface area contributed by atoms with E-state index >= 15 is 0 Å². The average Bonchev–Trinajstić information content (AvgIpc) is 3.47. The molecule has 0 aromatic rings. The Labute approximate surface area is 264 Å². The van der Waals surface area contributed by atoms with Crippen LogP contribution >= 0.6 is 0 Å². The van der Waals surface area contributed by atoms with Gasteiger partial charge in [-0.3, -0.25) is 19.2 Å². The number of cyclic esters (lactones) is 1. The summed E-state index contributed by atoms with van der Waals surface area (Å²) in [6, 6.07) is 0. The average molecular weight is 628 g/mol. The predicted molar refractivity (Wildman–Crippen MR) is 160 cm³/mol. The molecule has 2 aliphatic carbocycles. The first-order chi connectivity index (χ1) is 21.0. The van der Waals surface area contributed by atoms with Gasteiger partial charge in [0.05, 0.1) is 31.0 Å². The molecule has 2 saturated carbocycles. The molecule has 5 rings (SSSR count). The monoisotopic (exact) mass is 627 g/mol. The van der Waals surface area contributed by atoms with Crippen molar-refractivity contribution in [3.63, 3.8) is 0 Å². The number of carbonyl (C=O) groups is 5. The van der Waals surface area contributed by atoms with Crippen LogP contribution in [0.1, 0.15) is 67.7 Å². The van der Waals surface area contributed by atoms with E-state index in [0.29, 0.717) is 25.0 Å². The zero-order valence-electron chi connectivity index (χ0n) is 27.4. The molecule has 10 atom stereocenters. The van der Waals surface area contributed by atoms with Crippen molar-refractivity contribution in [1.29, 1.82) is 0 Å². The van der Waals surface area contributed by atoms with Crippen LogP contribution in [-0.4, -0.2) is 73.0 Å². The molecule has 0 bridgehead atoms. The number of carbonyl (C=O) groups excluding carboxylic acids is 5. The summed E-state index contributed by atoms with van der Waals surface area (Å²) in [6.07, 6.45) is 3.14. The molecule has 3 heterocycles. The number of amides is 1. The number of ether oxygens (including phenoxy) is 5. The van der Waals surface area contributed by atoms with Crippen molar-refractivity contribution in [2.45, 2.75) is 97.2 Å². The van der Waals surface area contributed by atoms with Crippen LogP contribution in [0.4, 0.5) is 0 Å². The van der Waals surface area contributed by atoms with Crippen LogP contribution in [0.2, 0.25) is 0 Å². The number of rotatable bonds is 8. The summed E-state index contributed by atoms with van der Waals surface area (Å²) in [7, 11) is 1.29. The van der Waals surface area contributed by atoms with Gasteiger partial charge in [0.2, 0.25) is 5.91 Å². The number of esters is 4. The third kappa shape index (κ3) is 4.93. The minimum absolute atomic E-state index is 0.122. The van der Waals surface area contributed by atoms with Crippen LogP contribution in [0.5, 0.6) is 0 Å².